The Balaban J connectivity index is 0.000000861. The first kappa shape index (κ1) is 27.9. The molecule has 2 aliphatic rings. The number of fused-ring (bicyclic) bond motifs is 1. The van der Waals surface area contributed by atoms with Crippen molar-refractivity contribution in [1.29, 1.82) is 0 Å². The van der Waals surface area contributed by atoms with Crippen LogP contribution in [-0.4, -0.2) is 29.5 Å². The van der Waals surface area contributed by atoms with Crippen molar-refractivity contribution in [3.8, 4) is 0 Å². The van der Waals surface area contributed by atoms with Gasteiger partial charge in [0.25, 0.3) is 0 Å². The first-order valence-corrected chi connectivity index (χ1v) is 14.4. The number of nitrogens with zero attached hydrogens (tertiary/aromatic N) is 1. The summed E-state index contributed by atoms with van der Waals surface area (Å²) in [7, 11) is 0. The van der Waals surface area contributed by atoms with E-state index in [9.17, 15) is 0 Å². The smallest absolute Gasteiger partial charge is 0.0938 e. The van der Waals surface area contributed by atoms with Gasteiger partial charge < -0.3 is 15.2 Å². The molecule has 0 unspecified atom stereocenters. The standard InChI is InChI=1S/C29H37N3.2C2H6/c1-22(30-20-23-12-16-29(2,17-13-23)25-8-4-3-5-9-25)32-18-14-24(15-19-32)27-21-31-28-11-7-6-10-26(27)28;2*1-2/h3-11,21,23-24,30-31H,1,12-20H2,2H3;2*1-2H3. The Bertz CT molecular complexity index is 1030. The molecule has 3 heteroatoms. The van der Waals surface area contributed by atoms with E-state index in [0.29, 0.717) is 11.3 Å². The van der Waals surface area contributed by atoms with Gasteiger partial charge in [-0.2, -0.15) is 0 Å². The quantitative estimate of drug-likeness (QED) is 0.365. The van der Waals surface area contributed by atoms with E-state index < -0.39 is 0 Å². The number of hydrogen-bond donors (Lipinski definition) is 2. The van der Waals surface area contributed by atoms with E-state index in [2.05, 4.69) is 89.5 Å². The molecule has 0 radical (unpaired) electrons. The molecular formula is C33H49N3. The van der Waals surface area contributed by atoms with Gasteiger partial charge in [0.15, 0.2) is 0 Å². The molecule has 3 aromatic rings. The number of rotatable bonds is 6. The molecule has 2 heterocycles. The molecule has 0 atom stereocenters. The topological polar surface area (TPSA) is 31.1 Å². The normalized spacial score (nSPS) is 22.1. The fourth-order valence-corrected chi connectivity index (χ4v) is 5.91. The van der Waals surface area contributed by atoms with Crippen LogP contribution in [0.3, 0.4) is 0 Å². The second-order valence-corrected chi connectivity index (χ2v) is 10.2. The van der Waals surface area contributed by atoms with E-state index in [0.717, 1.165) is 31.4 Å². The van der Waals surface area contributed by atoms with Crippen molar-refractivity contribution in [3.05, 3.63) is 84.3 Å². The van der Waals surface area contributed by atoms with Crippen LogP contribution in [0.5, 0.6) is 0 Å². The van der Waals surface area contributed by atoms with Gasteiger partial charge in [-0.3, -0.25) is 0 Å². The number of benzene rings is 2. The predicted octanol–water partition coefficient (Wildman–Crippen LogP) is 8.61. The molecule has 1 aliphatic heterocycles. The first-order valence-electron chi connectivity index (χ1n) is 14.4. The van der Waals surface area contributed by atoms with Gasteiger partial charge in [-0.25, -0.2) is 0 Å². The van der Waals surface area contributed by atoms with E-state index in [4.69, 9.17) is 0 Å². The highest BCUT2D eigenvalue weighted by atomic mass is 15.2. The van der Waals surface area contributed by atoms with E-state index in [1.165, 1.54) is 60.6 Å². The van der Waals surface area contributed by atoms with Crippen molar-refractivity contribution in [3.63, 3.8) is 0 Å². The highest BCUT2D eigenvalue weighted by Gasteiger charge is 2.32. The third kappa shape index (κ3) is 6.55. The first-order chi connectivity index (χ1) is 17.6. The summed E-state index contributed by atoms with van der Waals surface area (Å²) in [6, 6.07) is 19.8. The molecule has 5 rings (SSSR count). The van der Waals surface area contributed by atoms with Gasteiger partial charge in [0.2, 0.25) is 0 Å². The van der Waals surface area contributed by atoms with Gasteiger partial charge in [-0.05, 0) is 73.0 Å². The zero-order chi connectivity index (χ0) is 26.0. The number of aromatic amines is 1. The molecule has 2 fully saturated rings. The van der Waals surface area contributed by atoms with Crippen LogP contribution in [0.1, 0.15) is 90.2 Å². The van der Waals surface area contributed by atoms with Crippen molar-refractivity contribution < 1.29 is 0 Å². The number of nitrogens with one attached hydrogen (secondary N) is 2. The van der Waals surface area contributed by atoms with Crippen LogP contribution >= 0.6 is 0 Å². The van der Waals surface area contributed by atoms with Crippen LogP contribution in [0.25, 0.3) is 10.9 Å². The maximum atomic E-state index is 4.39. The average Bonchev–Trinajstić information content (AvgIpc) is 3.40. The van der Waals surface area contributed by atoms with Crippen molar-refractivity contribution in [2.24, 2.45) is 5.92 Å². The number of piperidine rings is 1. The van der Waals surface area contributed by atoms with Crippen LogP contribution in [0.4, 0.5) is 0 Å². The van der Waals surface area contributed by atoms with E-state index >= 15 is 0 Å². The zero-order valence-electron chi connectivity index (χ0n) is 23.4. The molecule has 0 spiro atoms. The lowest BCUT2D eigenvalue weighted by atomic mass is 9.68. The minimum atomic E-state index is 0.346. The average molecular weight is 488 g/mol. The van der Waals surface area contributed by atoms with Gasteiger partial charge >= 0.3 is 0 Å². The van der Waals surface area contributed by atoms with E-state index in [1.807, 2.05) is 27.7 Å². The molecule has 36 heavy (non-hydrogen) atoms. The highest BCUT2D eigenvalue weighted by Crippen LogP contribution is 2.41. The largest absolute Gasteiger partial charge is 0.372 e. The summed E-state index contributed by atoms with van der Waals surface area (Å²) >= 11 is 0. The number of para-hydroxylation sites is 1. The lowest BCUT2D eigenvalue weighted by molar-refractivity contribution is 0.223. The summed E-state index contributed by atoms with van der Waals surface area (Å²) in [6.07, 6.45) is 9.79. The van der Waals surface area contributed by atoms with Crippen LogP contribution < -0.4 is 5.32 Å². The number of aromatic nitrogens is 1. The van der Waals surface area contributed by atoms with Crippen molar-refractivity contribution >= 4 is 10.9 Å². The molecule has 0 amide bonds. The van der Waals surface area contributed by atoms with E-state index in [1.54, 1.807) is 0 Å². The summed E-state index contributed by atoms with van der Waals surface area (Å²) in [5.41, 5.74) is 4.60. The van der Waals surface area contributed by atoms with Crippen LogP contribution in [0, 0.1) is 5.92 Å². The molecule has 1 aromatic heterocycles. The minimum absolute atomic E-state index is 0.346. The summed E-state index contributed by atoms with van der Waals surface area (Å²) < 4.78 is 0. The third-order valence-electron chi connectivity index (χ3n) is 8.21. The van der Waals surface area contributed by atoms with Crippen LogP contribution in [-0.2, 0) is 5.41 Å². The fraction of sp³-hybridized carbons (Fsp3) is 0.515. The second kappa shape index (κ2) is 13.6. The molecule has 2 N–H and O–H groups in total. The molecular weight excluding hydrogens is 438 g/mol. The molecule has 3 nitrogen and oxygen atoms in total. The lowest BCUT2D eigenvalue weighted by Crippen LogP contribution is -2.39. The van der Waals surface area contributed by atoms with Crippen molar-refractivity contribution in [2.75, 3.05) is 19.6 Å². The van der Waals surface area contributed by atoms with Crippen molar-refractivity contribution in [2.45, 2.75) is 84.5 Å². The number of H-pyrrole nitrogens is 1. The maximum absolute atomic E-state index is 4.39. The second-order valence-electron chi connectivity index (χ2n) is 10.2. The Hall–Kier alpha value is -2.68. The summed E-state index contributed by atoms with van der Waals surface area (Å²) in [5.74, 6) is 2.52. The summed E-state index contributed by atoms with van der Waals surface area (Å²) in [5, 5.41) is 5.09. The van der Waals surface area contributed by atoms with Crippen molar-refractivity contribution in [1.82, 2.24) is 15.2 Å². The zero-order valence-corrected chi connectivity index (χ0v) is 23.4. The molecule has 1 saturated carbocycles. The Morgan fingerprint density at radius 1 is 0.917 bits per heavy atom. The maximum Gasteiger partial charge on any atom is 0.0938 e. The molecule has 196 valence electrons. The Morgan fingerprint density at radius 2 is 1.53 bits per heavy atom. The summed E-state index contributed by atoms with van der Waals surface area (Å²) in [6.45, 7) is 18.1. The summed E-state index contributed by atoms with van der Waals surface area (Å²) in [4.78, 5) is 5.91. The Morgan fingerprint density at radius 3 is 2.19 bits per heavy atom. The SMILES string of the molecule is C=C(NCC1CCC(C)(c2ccccc2)CC1)N1CCC(c2c[nH]c3ccccc23)CC1.CC.CC. The Kier molecular flexibility index (Phi) is 10.5. The predicted molar refractivity (Wildman–Crippen MR) is 157 cm³/mol. The molecule has 1 saturated heterocycles. The monoisotopic (exact) mass is 487 g/mol. The lowest BCUT2D eigenvalue weighted by Gasteiger charge is -2.39. The number of likely N-dealkylation sites (tertiary alicyclic amines) is 1. The van der Waals surface area contributed by atoms with E-state index in [-0.39, 0.29) is 0 Å². The Labute approximate surface area is 220 Å². The molecule has 2 aromatic carbocycles. The molecule has 1 aliphatic carbocycles. The van der Waals surface area contributed by atoms with Crippen LogP contribution in [0.2, 0.25) is 0 Å². The number of hydrogen-bond acceptors (Lipinski definition) is 2. The fourth-order valence-electron chi connectivity index (χ4n) is 5.91. The van der Waals surface area contributed by atoms with Gasteiger partial charge in [-0.1, -0.05) is 89.7 Å². The van der Waals surface area contributed by atoms with Gasteiger partial charge in [0.05, 0.1) is 5.82 Å². The van der Waals surface area contributed by atoms with Gasteiger partial charge in [-0.15, -0.1) is 0 Å². The molecule has 0 bridgehead atoms. The minimum Gasteiger partial charge on any atom is -0.372 e. The van der Waals surface area contributed by atoms with Gasteiger partial charge in [0, 0.05) is 36.7 Å². The third-order valence-corrected chi connectivity index (χ3v) is 8.21. The van der Waals surface area contributed by atoms with Crippen LogP contribution in [0.15, 0.2) is 73.2 Å². The highest BCUT2D eigenvalue weighted by molar-refractivity contribution is 5.83. The van der Waals surface area contributed by atoms with Gasteiger partial charge in [0.1, 0.15) is 0 Å².